The third kappa shape index (κ3) is 5.09. The molecule has 19 heavy (non-hydrogen) atoms. The molecule has 0 aromatic carbocycles. The molecular formula is C12H19N3O4. The Labute approximate surface area is 112 Å². The topological polar surface area (TPSA) is 93.6 Å². The summed E-state index contributed by atoms with van der Waals surface area (Å²) in [7, 11) is 1.52. The standard InChI is InChI=1S/C12H19N3O4/c1-4-19-10-7-8(2)13-12(15-10)14-9(11(16)17)5-6-18-3/h7,9H,4-6H2,1-3H3,(H,16,17)(H,13,14,15). The fourth-order valence-corrected chi connectivity index (χ4v) is 1.47. The van der Waals surface area contributed by atoms with Crippen LogP contribution in [-0.2, 0) is 9.53 Å². The third-order valence-corrected chi connectivity index (χ3v) is 2.34. The minimum Gasteiger partial charge on any atom is -0.480 e. The number of nitrogens with zero attached hydrogens (tertiary/aromatic N) is 2. The smallest absolute Gasteiger partial charge is 0.326 e. The van der Waals surface area contributed by atoms with Crippen LogP contribution in [0, 0.1) is 6.92 Å². The van der Waals surface area contributed by atoms with E-state index in [4.69, 9.17) is 14.6 Å². The summed E-state index contributed by atoms with van der Waals surface area (Å²) in [5.74, 6) is -0.305. The summed E-state index contributed by atoms with van der Waals surface area (Å²) in [6.45, 7) is 4.47. The Kier molecular flexibility index (Phi) is 6.01. The highest BCUT2D eigenvalue weighted by Crippen LogP contribution is 2.13. The third-order valence-electron chi connectivity index (χ3n) is 2.34. The Balaban J connectivity index is 2.80. The molecule has 0 radical (unpaired) electrons. The predicted octanol–water partition coefficient (Wildman–Crippen LogP) is 1.09. The quantitative estimate of drug-likeness (QED) is 0.729. The fraction of sp³-hybridized carbons (Fsp3) is 0.583. The van der Waals surface area contributed by atoms with Gasteiger partial charge in [0.25, 0.3) is 0 Å². The van der Waals surface area contributed by atoms with Gasteiger partial charge in [0, 0.05) is 31.9 Å². The van der Waals surface area contributed by atoms with Crippen LogP contribution >= 0.6 is 0 Å². The molecule has 0 bridgehead atoms. The zero-order valence-corrected chi connectivity index (χ0v) is 11.3. The lowest BCUT2D eigenvalue weighted by atomic mass is 10.2. The van der Waals surface area contributed by atoms with E-state index >= 15 is 0 Å². The van der Waals surface area contributed by atoms with Crippen LogP contribution in [-0.4, -0.2) is 47.4 Å². The first-order valence-electron chi connectivity index (χ1n) is 6.03. The van der Waals surface area contributed by atoms with E-state index in [1.807, 2.05) is 6.92 Å². The first kappa shape index (κ1) is 15.2. The molecule has 1 atom stereocenters. The maximum Gasteiger partial charge on any atom is 0.326 e. The zero-order valence-electron chi connectivity index (χ0n) is 11.3. The van der Waals surface area contributed by atoms with Gasteiger partial charge in [-0.25, -0.2) is 9.78 Å². The number of ether oxygens (including phenoxy) is 2. The zero-order chi connectivity index (χ0) is 14.3. The largest absolute Gasteiger partial charge is 0.480 e. The number of hydrogen-bond acceptors (Lipinski definition) is 6. The molecule has 106 valence electrons. The summed E-state index contributed by atoms with van der Waals surface area (Å²) in [6.07, 6.45) is 0.326. The molecule has 0 saturated carbocycles. The molecule has 1 aromatic heterocycles. The monoisotopic (exact) mass is 269 g/mol. The molecule has 1 aromatic rings. The Hall–Kier alpha value is -1.89. The summed E-state index contributed by atoms with van der Waals surface area (Å²) >= 11 is 0. The van der Waals surface area contributed by atoms with E-state index in [0.29, 0.717) is 31.2 Å². The first-order valence-corrected chi connectivity index (χ1v) is 6.03. The molecule has 0 aliphatic carbocycles. The molecule has 0 aliphatic rings. The molecule has 0 fully saturated rings. The Morgan fingerprint density at radius 2 is 2.26 bits per heavy atom. The van der Waals surface area contributed by atoms with Gasteiger partial charge in [0.05, 0.1) is 6.61 Å². The molecule has 1 heterocycles. The second-order valence-electron chi connectivity index (χ2n) is 3.92. The number of carbonyl (C=O) groups is 1. The van der Waals surface area contributed by atoms with Crippen molar-refractivity contribution in [3.63, 3.8) is 0 Å². The molecule has 2 N–H and O–H groups in total. The lowest BCUT2D eigenvalue weighted by Crippen LogP contribution is -2.31. The second-order valence-corrected chi connectivity index (χ2v) is 3.92. The maximum atomic E-state index is 11.1. The number of nitrogens with one attached hydrogen (secondary N) is 1. The van der Waals surface area contributed by atoms with Gasteiger partial charge in [0.2, 0.25) is 11.8 Å². The van der Waals surface area contributed by atoms with E-state index < -0.39 is 12.0 Å². The van der Waals surface area contributed by atoms with Crippen LogP contribution in [0.5, 0.6) is 5.88 Å². The van der Waals surface area contributed by atoms with Gasteiger partial charge in [-0.3, -0.25) is 0 Å². The van der Waals surface area contributed by atoms with Crippen molar-refractivity contribution in [2.24, 2.45) is 0 Å². The minimum absolute atomic E-state index is 0.243. The van der Waals surface area contributed by atoms with Crippen molar-refractivity contribution >= 4 is 11.9 Å². The van der Waals surface area contributed by atoms with Crippen LogP contribution in [0.1, 0.15) is 19.0 Å². The lowest BCUT2D eigenvalue weighted by Gasteiger charge is -2.14. The van der Waals surface area contributed by atoms with Crippen molar-refractivity contribution in [1.82, 2.24) is 9.97 Å². The Morgan fingerprint density at radius 3 is 2.84 bits per heavy atom. The molecule has 0 amide bonds. The normalized spacial score (nSPS) is 11.9. The molecule has 1 rings (SSSR count). The van der Waals surface area contributed by atoms with E-state index in [0.717, 1.165) is 0 Å². The molecule has 0 saturated heterocycles. The molecule has 7 nitrogen and oxygen atoms in total. The van der Waals surface area contributed by atoms with Crippen LogP contribution in [0.3, 0.4) is 0 Å². The number of carboxylic acid groups (broad SMARTS) is 1. The van der Waals surface area contributed by atoms with Gasteiger partial charge in [0.1, 0.15) is 6.04 Å². The number of anilines is 1. The van der Waals surface area contributed by atoms with Crippen molar-refractivity contribution in [3.05, 3.63) is 11.8 Å². The Bertz CT molecular complexity index is 425. The Morgan fingerprint density at radius 1 is 1.53 bits per heavy atom. The second kappa shape index (κ2) is 7.52. The van der Waals surface area contributed by atoms with Crippen molar-refractivity contribution < 1.29 is 19.4 Å². The van der Waals surface area contributed by atoms with E-state index in [1.54, 1.807) is 13.0 Å². The first-order chi connectivity index (χ1) is 9.06. The summed E-state index contributed by atoms with van der Waals surface area (Å²) in [4.78, 5) is 19.3. The van der Waals surface area contributed by atoms with E-state index in [9.17, 15) is 4.79 Å². The van der Waals surface area contributed by atoms with Gasteiger partial charge in [-0.1, -0.05) is 0 Å². The van der Waals surface area contributed by atoms with Gasteiger partial charge < -0.3 is 19.9 Å². The van der Waals surface area contributed by atoms with E-state index in [1.165, 1.54) is 7.11 Å². The van der Waals surface area contributed by atoms with Crippen LogP contribution in [0.15, 0.2) is 6.07 Å². The number of methoxy groups -OCH3 is 1. The average molecular weight is 269 g/mol. The average Bonchev–Trinajstić information content (AvgIpc) is 2.33. The van der Waals surface area contributed by atoms with Gasteiger partial charge >= 0.3 is 5.97 Å². The van der Waals surface area contributed by atoms with Gasteiger partial charge in [-0.05, 0) is 13.8 Å². The van der Waals surface area contributed by atoms with Crippen molar-refractivity contribution in [1.29, 1.82) is 0 Å². The summed E-state index contributed by atoms with van der Waals surface area (Å²) in [5.41, 5.74) is 0.705. The molecular weight excluding hydrogens is 250 g/mol. The highest BCUT2D eigenvalue weighted by atomic mass is 16.5. The number of hydrogen-bond donors (Lipinski definition) is 2. The lowest BCUT2D eigenvalue weighted by molar-refractivity contribution is -0.138. The SMILES string of the molecule is CCOc1cc(C)nc(NC(CCOC)C(=O)O)n1. The van der Waals surface area contributed by atoms with Crippen LogP contribution in [0.25, 0.3) is 0 Å². The molecule has 0 spiro atoms. The molecule has 7 heteroatoms. The van der Waals surface area contributed by atoms with Crippen molar-refractivity contribution in [3.8, 4) is 5.88 Å². The molecule has 1 unspecified atom stereocenters. The van der Waals surface area contributed by atoms with E-state index in [-0.39, 0.29) is 5.95 Å². The predicted molar refractivity (Wildman–Crippen MR) is 69.5 cm³/mol. The summed E-state index contributed by atoms with van der Waals surface area (Å²) in [5, 5.41) is 11.9. The van der Waals surface area contributed by atoms with Gasteiger partial charge in [-0.15, -0.1) is 0 Å². The number of aromatic nitrogens is 2. The van der Waals surface area contributed by atoms with Crippen molar-refractivity contribution in [2.45, 2.75) is 26.3 Å². The number of aryl methyl sites for hydroxylation is 1. The van der Waals surface area contributed by atoms with E-state index in [2.05, 4.69) is 15.3 Å². The van der Waals surface area contributed by atoms with Crippen molar-refractivity contribution in [2.75, 3.05) is 25.6 Å². The van der Waals surface area contributed by atoms with Gasteiger partial charge in [-0.2, -0.15) is 4.98 Å². The number of carboxylic acids is 1. The number of aliphatic carboxylic acids is 1. The molecule has 0 aliphatic heterocycles. The van der Waals surface area contributed by atoms with Crippen LogP contribution in [0.4, 0.5) is 5.95 Å². The highest BCUT2D eigenvalue weighted by Gasteiger charge is 2.18. The fourth-order valence-electron chi connectivity index (χ4n) is 1.47. The summed E-state index contributed by atoms with van der Waals surface area (Å²) < 4.78 is 10.2. The number of rotatable bonds is 8. The maximum absolute atomic E-state index is 11.1. The highest BCUT2D eigenvalue weighted by molar-refractivity contribution is 5.76. The minimum atomic E-state index is -0.972. The van der Waals surface area contributed by atoms with Crippen LogP contribution in [0.2, 0.25) is 0 Å². The van der Waals surface area contributed by atoms with Crippen LogP contribution < -0.4 is 10.1 Å². The van der Waals surface area contributed by atoms with Gasteiger partial charge in [0.15, 0.2) is 0 Å². The summed E-state index contributed by atoms with van der Waals surface area (Å²) in [6, 6.07) is 0.899.